The van der Waals surface area contributed by atoms with Crippen molar-refractivity contribution in [1.29, 1.82) is 0 Å². The fourth-order valence-electron chi connectivity index (χ4n) is 3.46. The lowest BCUT2D eigenvalue weighted by Crippen LogP contribution is -2.40. The Hall–Kier alpha value is -1.00. The number of piperidine rings is 1. The minimum atomic E-state index is 0.140. The third-order valence-electron chi connectivity index (χ3n) is 4.74. The van der Waals surface area contributed by atoms with Crippen LogP contribution in [0.5, 0.6) is 0 Å². The number of hydrogen-bond acceptors (Lipinski definition) is 3. The van der Waals surface area contributed by atoms with Crippen LogP contribution < -0.4 is 10.6 Å². The summed E-state index contributed by atoms with van der Waals surface area (Å²) in [4.78, 5) is 13.8. The molecule has 1 aromatic rings. The number of amides is 1. The first-order valence-electron chi connectivity index (χ1n) is 8.52. The zero-order valence-corrected chi connectivity index (χ0v) is 14.1. The molecule has 0 radical (unpaired) electrons. The molecule has 2 aliphatic rings. The van der Waals surface area contributed by atoms with E-state index in [1.54, 1.807) is 0 Å². The molecule has 1 aliphatic carbocycles. The molecule has 1 aromatic carbocycles. The first-order chi connectivity index (χ1) is 10.7. The number of nitrogens with one attached hydrogen (secondary N) is 2. The smallest absolute Gasteiger partial charge is 0.227 e. The van der Waals surface area contributed by atoms with Gasteiger partial charge in [-0.2, -0.15) is 0 Å². The normalized spacial score (nSPS) is 26.0. The molecule has 1 aliphatic heterocycles. The van der Waals surface area contributed by atoms with Crippen LogP contribution in [0.15, 0.2) is 29.2 Å². The minimum absolute atomic E-state index is 0.140. The van der Waals surface area contributed by atoms with E-state index in [0.29, 0.717) is 6.04 Å². The molecule has 0 bridgehead atoms. The van der Waals surface area contributed by atoms with Crippen molar-refractivity contribution in [3.63, 3.8) is 0 Å². The lowest BCUT2D eigenvalue weighted by Gasteiger charge is -2.27. The minimum Gasteiger partial charge on any atom is -0.325 e. The van der Waals surface area contributed by atoms with E-state index in [4.69, 9.17) is 0 Å². The number of carbonyl (C=O) groups is 1. The van der Waals surface area contributed by atoms with Crippen LogP contribution in [0.25, 0.3) is 0 Å². The topological polar surface area (TPSA) is 41.1 Å². The third-order valence-corrected chi connectivity index (χ3v) is 6.15. The molecule has 22 heavy (non-hydrogen) atoms. The molecular formula is C18H26N2OS. The van der Waals surface area contributed by atoms with Crippen molar-refractivity contribution >= 4 is 23.4 Å². The number of anilines is 1. The highest BCUT2D eigenvalue weighted by molar-refractivity contribution is 8.00. The molecule has 1 saturated carbocycles. The van der Waals surface area contributed by atoms with Gasteiger partial charge in [-0.1, -0.05) is 25.0 Å². The SMILES string of the molecule is C[C@H]1C[C@@H](C(=O)Nc2ccccc2SC2CCCC2)CCN1. The van der Waals surface area contributed by atoms with Gasteiger partial charge >= 0.3 is 0 Å². The molecule has 1 saturated heterocycles. The maximum absolute atomic E-state index is 12.6. The van der Waals surface area contributed by atoms with Crippen molar-refractivity contribution in [3.05, 3.63) is 24.3 Å². The van der Waals surface area contributed by atoms with Gasteiger partial charge in [0.15, 0.2) is 0 Å². The molecule has 3 rings (SSSR count). The number of thioether (sulfide) groups is 1. The average Bonchev–Trinajstić information content (AvgIpc) is 3.02. The third kappa shape index (κ3) is 4.05. The highest BCUT2D eigenvalue weighted by Gasteiger charge is 2.25. The van der Waals surface area contributed by atoms with Gasteiger partial charge in [0.1, 0.15) is 0 Å². The van der Waals surface area contributed by atoms with E-state index in [1.165, 1.54) is 30.6 Å². The van der Waals surface area contributed by atoms with Gasteiger partial charge in [-0.05, 0) is 51.3 Å². The maximum atomic E-state index is 12.6. The number of benzene rings is 1. The predicted molar refractivity (Wildman–Crippen MR) is 93.4 cm³/mol. The highest BCUT2D eigenvalue weighted by atomic mass is 32.2. The second kappa shape index (κ2) is 7.51. The Morgan fingerprint density at radius 1 is 1.23 bits per heavy atom. The van der Waals surface area contributed by atoms with Crippen LogP contribution in [0.3, 0.4) is 0 Å². The summed E-state index contributed by atoms with van der Waals surface area (Å²) >= 11 is 1.94. The van der Waals surface area contributed by atoms with E-state index >= 15 is 0 Å². The largest absolute Gasteiger partial charge is 0.325 e. The summed E-state index contributed by atoms with van der Waals surface area (Å²) in [6, 6.07) is 8.70. The summed E-state index contributed by atoms with van der Waals surface area (Å²) in [5.74, 6) is 0.327. The summed E-state index contributed by atoms with van der Waals surface area (Å²) in [6.07, 6.45) is 7.17. The molecule has 3 nitrogen and oxygen atoms in total. The van der Waals surface area contributed by atoms with Gasteiger partial charge in [-0.25, -0.2) is 0 Å². The van der Waals surface area contributed by atoms with Crippen molar-refractivity contribution in [2.45, 2.75) is 61.6 Å². The molecule has 0 spiro atoms. The van der Waals surface area contributed by atoms with Crippen molar-refractivity contribution in [2.75, 3.05) is 11.9 Å². The number of hydrogen-bond donors (Lipinski definition) is 2. The van der Waals surface area contributed by atoms with Crippen LogP contribution >= 0.6 is 11.8 Å². The van der Waals surface area contributed by atoms with Crippen molar-refractivity contribution < 1.29 is 4.79 Å². The van der Waals surface area contributed by atoms with Crippen LogP contribution in [0.4, 0.5) is 5.69 Å². The Morgan fingerprint density at radius 2 is 2.00 bits per heavy atom. The van der Waals surface area contributed by atoms with Crippen molar-refractivity contribution in [1.82, 2.24) is 5.32 Å². The predicted octanol–water partition coefficient (Wildman–Crippen LogP) is 4.05. The zero-order chi connectivity index (χ0) is 15.4. The van der Waals surface area contributed by atoms with Gasteiger partial charge in [-0.15, -0.1) is 11.8 Å². The van der Waals surface area contributed by atoms with E-state index in [2.05, 4.69) is 29.7 Å². The first kappa shape index (κ1) is 15.9. The molecule has 1 amide bonds. The summed E-state index contributed by atoms with van der Waals surface area (Å²) in [5, 5.41) is 7.31. The maximum Gasteiger partial charge on any atom is 0.227 e. The number of rotatable bonds is 4. The Morgan fingerprint density at radius 3 is 2.77 bits per heavy atom. The second-order valence-electron chi connectivity index (χ2n) is 6.59. The van der Waals surface area contributed by atoms with Crippen LogP contribution in [-0.4, -0.2) is 23.7 Å². The summed E-state index contributed by atoms with van der Waals surface area (Å²) < 4.78 is 0. The van der Waals surface area contributed by atoms with Gasteiger partial charge in [0, 0.05) is 22.1 Å². The van der Waals surface area contributed by atoms with Crippen LogP contribution in [-0.2, 0) is 4.79 Å². The molecular weight excluding hydrogens is 292 g/mol. The molecule has 2 N–H and O–H groups in total. The monoisotopic (exact) mass is 318 g/mol. The molecule has 1 heterocycles. The average molecular weight is 318 g/mol. The molecule has 120 valence electrons. The van der Waals surface area contributed by atoms with Gasteiger partial charge in [0.25, 0.3) is 0 Å². The summed E-state index contributed by atoms with van der Waals surface area (Å²) in [7, 11) is 0. The van der Waals surface area contributed by atoms with Gasteiger partial charge in [0.2, 0.25) is 5.91 Å². The molecule has 0 aromatic heterocycles. The Kier molecular flexibility index (Phi) is 5.42. The van der Waals surface area contributed by atoms with Crippen molar-refractivity contribution in [2.24, 2.45) is 5.92 Å². The zero-order valence-electron chi connectivity index (χ0n) is 13.3. The van der Waals surface area contributed by atoms with E-state index in [-0.39, 0.29) is 11.8 Å². The van der Waals surface area contributed by atoms with E-state index in [1.807, 2.05) is 23.9 Å². The quantitative estimate of drug-likeness (QED) is 0.880. The lowest BCUT2D eigenvalue weighted by atomic mass is 9.92. The summed E-state index contributed by atoms with van der Waals surface area (Å²) in [6.45, 7) is 3.10. The van der Waals surface area contributed by atoms with Crippen molar-refractivity contribution in [3.8, 4) is 0 Å². The van der Waals surface area contributed by atoms with E-state index in [0.717, 1.165) is 30.3 Å². The molecule has 0 unspecified atom stereocenters. The fraction of sp³-hybridized carbons (Fsp3) is 0.611. The summed E-state index contributed by atoms with van der Waals surface area (Å²) in [5.41, 5.74) is 0.996. The second-order valence-corrected chi connectivity index (χ2v) is 7.93. The Bertz CT molecular complexity index is 514. The van der Waals surface area contributed by atoms with Crippen LogP contribution in [0.2, 0.25) is 0 Å². The van der Waals surface area contributed by atoms with Crippen LogP contribution in [0, 0.1) is 5.92 Å². The number of carbonyl (C=O) groups excluding carboxylic acids is 1. The molecule has 2 atom stereocenters. The number of para-hydroxylation sites is 1. The first-order valence-corrected chi connectivity index (χ1v) is 9.40. The standard InChI is InChI=1S/C18H26N2OS/c1-13-12-14(10-11-19-13)18(21)20-16-8-4-5-9-17(16)22-15-6-2-3-7-15/h4-5,8-9,13-15,19H,2-3,6-7,10-12H2,1H3,(H,20,21)/t13-,14-/m0/s1. The van der Waals surface area contributed by atoms with Gasteiger partial charge in [0.05, 0.1) is 5.69 Å². The van der Waals surface area contributed by atoms with Gasteiger partial charge in [-0.3, -0.25) is 4.79 Å². The highest BCUT2D eigenvalue weighted by Crippen LogP contribution is 2.38. The molecule has 4 heteroatoms. The molecule has 2 fully saturated rings. The Balaban J connectivity index is 1.64. The van der Waals surface area contributed by atoms with E-state index < -0.39 is 0 Å². The lowest BCUT2D eigenvalue weighted by molar-refractivity contribution is -0.120. The Labute approximate surface area is 137 Å². The van der Waals surface area contributed by atoms with Gasteiger partial charge < -0.3 is 10.6 Å². The van der Waals surface area contributed by atoms with Crippen LogP contribution in [0.1, 0.15) is 45.4 Å². The fourth-order valence-corrected chi connectivity index (χ4v) is 4.79. The van der Waals surface area contributed by atoms with E-state index in [9.17, 15) is 4.79 Å².